The average Bonchev–Trinajstić information content (AvgIpc) is 2.84. The lowest BCUT2D eigenvalue weighted by Crippen LogP contribution is -2.35. The second kappa shape index (κ2) is 11.9. The summed E-state index contributed by atoms with van der Waals surface area (Å²) in [5.41, 5.74) is -0.540. The van der Waals surface area contributed by atoms with Gasteiger partial charge in [0.2, 0.25) is 11.2 Å². The summed E-state index contributed by atoms with van der Waals surface area (Å²) in [7, 11) is 0. The van der Waals surface area contributed by atoms with E-state index in [-0.39, 0.29) is 11.2 Å². The summed E-state index contributed by atoms with van der Waals surface area (Å²) < 4.78 is 55.3. The molecule has 0 aliphatic carbocycles. The van der Waals surface area contributed by atoms with Crippen LogP contribution in [0, 0.1) is 0 Å². The fourth-order valence-electron chi connectivity index (χ4n) is 3.78. The van der Waals surface area contributed by atoms with Gasteiger partial charge in [-0.15, -0.1) is 11.8 Å². The van der Waals surface area contributed by atoms with Gasteiger partial charge >= 0.3 is 6.18 Å². The number of aromatic nitrogens is 1. The molecular weight excluding hydrogens is 481 g/mol. The molecule has 0 N–H and O–H groups in total. The van der Waals surface area contributed by atoms with E-state index in [9.17, 15) is 18.0 Å². The number of morpholine rings is 1. The van der Waals surface area contributed by atoms with E-state index in [2.05, 4.69) is 9.88 Å². The fraction of sp³-hybridized carbons (Fsp3) is 0.440. The van der Waals surface area contributed by atoms with Crippen LogP contribution in [-0.4, -0.2) is 48.5 Å². The van der Waals surface area contributed by atoms with Crippen LogP contribution in [0.4, 0.5) is 13.2 Å². The summed E-state index contributed by atoms with van der Waals surface area (Å²) in [6.07, 6.45) is 1.12. The maximum Gasteiger partial charge on any atom is 0.416 e. The van der Waals surface area contributed by atoms with Crippen molar-refractivity contribution in [2.24, 2.45) is 0 Å². The van der Waals surface area contributed by atoms with Gasteiger partial charge in [-0.1, -0.05) is 6.07 Å². The Labute approximate surface area is 205 Å². The molecule has 1 saturated heterocycles. The van der Waals surface area contributed by atoms with E-state index in [0.717, 1.165) is 60.5 Å². The SMILES string of the molecule is O=c1cc(CN2CCOCC2)occ1OCCCCCSc1ccnc2cc(C(F)(F)F)ccc12. The maximum absolute atomic E-state index is 12.9. The molecule has 2 aromatic heterocycles. The fourth-order valence-corrected chi connectivity index (χ4v) is 4.83. The molecule has 35 heavy (non-hydrogen) atoms. The Hall–Kier alpha value is -2.56. The summed E-state index contributed by atoms with van der Waals surface area (Å²) in [6, 6.07) is 6.97. The van der Waals surface area contributed by atoms with E-state index in [1.165, 1.54) is 24.6 Å². The number of alkyl halides is 3. The zero-order valence-electron chi connectivity index (χ0n) is 19.2. The molecule has 0 radical (unpaired) electrons. The van der Waals surface area contributed by atoms with Gasteiger partial charge in [-0.3, -0.25) is 14.7 Å². The molecule has 0 atom stereocenters. The van der Waals surface area contributed by atoms with Gasteiger partial charge in [-0.25, -0.2) is 0 Å². The first-order chi connectivity index (χ1) is 16.9. The number of rotatable bonds is 10. The van der Waals surface area contributed by atoms with Gasteiger partial charge in [0.05, 0.1) is 37.4 Å². The van der Waals surface area contributed by atoms with Crippen LogP contribution >= 0.6 is 11.8 Å². The predicted molar refractivity (Wildman–Crippen MR) is 128 cm³/mol. The summed E-state index contributed by atoms with van der Waals surface area (Å²) in [5.74, 6) is 1.64. The minimum Gasteiger partial charge on any atom is -0.487 e. The Morgan fingerprint density at radius 1 is 1.09 bits per heavy atom. The molecule has 0 spiro atoms. The molecule has 10 heteroatoms. The van der Waals surface area contributed by atoms with Crippen LogP contribution < -0.4 is 10.2 Å². The first-order valence-corrected chi connectivity index (χ1v) is 12.5. The summed E-state index contributed by atoms with van der Waals surface area (Å²) in [5, 5.41) is 0.720. The third kappa shape index (κ3) is 7.22. The summed E-state index contributed by atoms with van der Waals surface area (Å²) in [6.45, 7) is 3.99. The molecule has 6 nitrogen and oxygen atoms in total. The van der Waals surface area contributed by atoms with Crippen LogP contribution in [0.2, 0.25) is 0 Å². The van der Waals surface area contributed by atoms with Gasteiger partial charge in [0.15, 0.2) is 0 Å². The van der Waals surface area contributed by atoms with Crippen molar-refractivity contribution >= 4 is 22.7 Å². The third-order valence-electron chi connectivity index (χ3n) is 5.67. The number of fused-ring (bicyclic) bond motifs is 1. The molecule has 3 heterocycles. The smallest absolute Gasteiger partial charge is 0.416 e. The van der Waals surface area contributed by atoms with Gasteiger partial charge in [-0.2, -0.15) is 13.2 Å². The van der Waals surface area contributed by atoms with Gasteiger partial charge in [0, 0.05) is 35.6 Å². The minimum atomic E-state index is -4.38. The highest BCUT2D eigenvalue weighted by molar-refractivity contribution is 7.99. The number of hydrogen-bond donors (Lipinski definition) is 0. The first kappa shape index (κ1) is 25.5. The molecule has 0 unspecified atom stereocenters. The van der Waals surface area contributed by atoms with Crippen molar-refractivity contribution in [2.75, 3.05) is 38.7 Å². The first-order valence-electron chi connectivity index (χ1n) is 11.5. The molecule has 188 valence electrons. The highest BCUT2D eigenvalue weighted by Gasteiger charge is 2.30. The number of benzene rings is 1. The molecular formula is C25H27F3N2O4S. The Bertz CT molecular complexity index is 1180. The lowest BCUT2D eigenvalue weighted by molar-refractivity contribution is -0.137. The van der Waals surface area contributed by atoms with Gasteiger partial charge < -0.3 is 13.9 Å². The van der Waals surface area contributed by atoms with E-state index >= 15 is 0 Å². The Morgan fingerprint density at radius 2 is 1.91 bits per heavy atom. The number of pyridine rings is 1. The second-order valence-electron chi connectivity index (χ2n) is 8.26. The van der Waals surface area contributed by atoms with Crippen molar-refractivity contribution in [3.63, 3.8) is 0 Å². The van der Waals surface area contributed by atoms with Crippen LogP contribution in [0.5, 0.6) is 5.75 Å². The van der Waals surface area contributed by atoms with Gasteiger partial charge in [0.1, 0.15) is 12.0 Å². The van der Waals surface area contributed by atoms with Gasteiger partial charge in [-0.05, 0) is 43.2 Å². The zero-order valence-corrected chi connectivity index (χ0v) is 20.0. The number of thioether (sulfide) groups is 1. The van der Waals surface area contributed by atoms with E-state index in [4.69, 9.17) is 13.9 Å². The van der Waals surface area contributed by atoms with E-state index in [1.54, 1.807) is 11.8 Å². The highest BCUT2D eigenvalue weighted by Crippen LogP contribution is 2.34. The number of ether oxygens (including phenoxy) is 2. The lowest BCUT2D eigenvalue weighted by Gasteiger charge is -2.25. The molecule has 1 aromatic carbocycles. The Balaban J connectivity index is 1.18. The standard InChI is InChI=1S/C25H27F3N2O4S/c26-25(27,28)18-4-5-20-21(14-18)29-7-6-24(20)35-13-3-1-2-10-33-23-17-34-19(15-22(23)31)16-30-8-11-32-12-9-30/h4-7,14-15,17H,1-3,8-13,16H2. The molecule has 0 saturated carbocycles. The average molecular weight is 509 g/mol. The minimum absolute atomic E-state index is 0.187. The van der Waals surface area contributed by atoms with Crippen LogP contribution in [-0.2, 0) is 17.5 Å². The molecule has 0 amide bonds. The summed E-state index contributed by atoms with van der Waals surface area (Å²) >= 11 is 1.60. The number of unbranched alkanes of at least 4 members (excludes halogenated alkanes) is 2. The molecule has 3 aromatic rings. The largest absolute Gasteiger partial charge is 0.487 e. The number of hydrogen-bond acceptors (Lipinski definition) is 7. The summed E-state index contributed by atoms with van der Waals surface area (Å²) in [4.78, 5) is 19.5. The molecule has 4 rings (SSSR count). The number of nitrogens with zero attached hydrogens (tertiary/aromatic N) is 2. The zero-order chi connectivity index (χ0) is 24.7. The molecule has 1 fully saturated rings. The van der Waals surface area contributed by atoms with Crippen molar-refractivity contribution in [3.8, 4) is 5.75 Å². The molecule has 1 aliphatic rings. The topological polar surface area (TPSA) is 64.8 Å². The van der Waals surface area contributed by atoms with Crippen LogP contribution in [0.3, 0.4) is 0 Å². The predicted octanol–water partition coefficient (Wildman–Crippen LogP) is 5.38. The lowest BCUT2D eigenvalue weighted by atomic mass is 10.1. The highest BCUT2D eigenvalue weighted by atomic mass is 32.2. The Morgan fingerprint density at radius 3 is 2.69 bits per heavy atom. The van der Waals surface area contributed by atoms with E-state index in [1.807, 2.05) is 6.07 Å². The van der Waals surface area contributed by atoms with Crippen molar-refractivity contribution in [1.29, 1.82) is 0 Å². The Kier molecular flexibility index (Phi) is 8.69. The van der Waals surface area contributed by atoms with Crippen LogP contribution in [0.25, 0.3) is 10.9 Å². The molecule has 1 aliphatic heterocycles. The van der Waals surface area contributed by atoms with Gasteiger partial charge in [0.25, 0.3) is 0 Å². The van der Waals surface area contributed by atoms with E-state index in [0.29, 0.717) is 37.6 Å². The second-order valence-corrected chi connectivity index (χ2v) is 9.40. The van der Waals surface area contributed by atoms with E-state index < -0.39 is 11.7 Å². The van der Waals surface area contributed by atoms with Crippen molar-refractivity contribution in [3.05, 3.63) is 64.3 Å². The van der Waals surface area contributed by atoms with Crippen molar-refractivity contribution < 1.29 is 27.1 Å². The van der Waals surface area contributed by atoms with Crippen molar-refractivity contribution in [2.45, 2.75) is 36.9 Å². The van der Waals surface area contributed by atoms with Crippen LogP contribution in [0.15, 0.2) is 56.9 Å². The van der Waals surface area contributed by atoms with Crippen LogP contribution in [0.1, 0.15) is 30.6 Å². The third-order valence-corrected chi connectivity index (χ3v) is 6.83. The monoisotopic (exact) mass is 508 g/mol. The normalized spacial score (nSPS) is 14.9. The van der Waals surface area contributed by atoms with Crippen molar-refractivity contribution in [1.82, 2.24) is 9.88 Å². The molecule has 0 bridgehead atoms. The quantitative estimate of drug-likeness (QED) is 0.269. The maximum atomic E-state index is 12.9. The number of halogens is 3.